The van der Waals surface area contributed by atoms with Crippen molar-refractivity contribution in [2.45, 2.75) is 6.54 Å². The maximum absolute atomic E-state index is 10.5. The molecule has 0 amide bonds. The highest BCUT2D eigenvalue weighted by Crippen LogP contribution is 1.92. The van der Waals surface area contributed by atoms with Crippen LogP contribution in [-0.2, 0) is 20.8 Å². The summed E-state index contributed by atoms with van der Waals surface area (Å²) in [5.74, 6) is 0. The van der Waals surface area contributed by atoms with Crippen LogP contribution in [0.4, 0.5) is 0 Å². The van der Waals surface area contributed by atoms with Crippen LogP contribution in [0, 0.1) is 0 Å². The Balaban J connectivity index is 2.29. The van der Waals surface area contributed by atoms with Gasteiger partial charge in [-0.2, -0.15) is 8.42 Å². The lowest BCUT2D eigenvalue weighted by Crippen LogP contribution is -2.09. The van der Waals surface area contributed by atoms with Gasteiger partial charge in [-0.1, -0.05) is 0 Å². The average Bonchev–Trinajstić information content (AvgIpc) is 2.36. The van der Waals surface area contributed by atoms with Crippen molar-refractivity contribution in [2.24, 2.45) is 0 Å². The lowest BCUT2D eigenvalue weighted by atomic mass is 10.7. The van der Waals surface area contributed by atoms with Crippen molar-refractivity contribution in [1.82, 2.24) is 4.57 Å². The van der Waals surface area contributed by atoms with Crippen LogP contribution in [0.15, 0.2) is 24.5 Å². The van der Waals surface area contributed by atoms with Gasteiger partial charge in [-0.15, -0.1) is 0 Å². The van der Waals surface area contributed by atoms with Gasteiger partial charge in [-0.3, -0.25) is 4.18 Å². The zero-order chi connectivity index (χ0) is 9.03. The van der Waals surface area contributed by atoms with Gasteiger partial charge in [0.1, 0.15) is 0 Å². The molecule has 0 unspecified atom stereocenters. The number of nitrogens with zero attached hydrogens (tertiary/aromatic N) is 1. The van der Waals surface area contributed by atoms with Gasteiger partial charge in [-0.25, -0.2) is 0 Å². The van der Waals surface area contributed by atoms with Gasteiger partial charge in [0.25, 0.3) is 10.1 Å². The molecule has 0 spiro atoms. The maximum Gasteiger partial charge on any atom is 0.264 e. The molecule has 0 aliphatic rings. The first-order chi connectivity index (χ1) is 5.58. The topological polar surface area (TPSA) is 48.3 Å². The molecule has 1 heterocycles. The summed E-state index contributed by atoms with van der Waals surface area (Å²) >= 11 is 0. The van der Waals surface area contributed by atoms with E-state index in [0.717, 1.165) is 6.26 Å². The van der Waals surface area contributed by atoms with Gasteiger partial charge in [-0.05, 0) is 12.1 Å². The predicted octanol–water partition coefficient (Wildman–Crippen LogP) is 0.464. The van der Waals surface area contributed by atoms with Crippen molar-refractivity contribution in [2.75, 3.05) is 12.9 Å². The van der Waals surface area contributed by atoms with Crippen molar-refractivity contribution >= 4 is 10.1 Å². The summed E-state index contributed by atoms with van der Waals surface area (Å²) in [6.07, 6.45) is 4.75. The molecule has 5 heteroatoms. The smallest absolute Gasteiger partial charge is 0.264 e. The fraction of sp³-hybridized carbons (Fsp3) is 0.429. The molecule has 12 heavy (non-hydrogen) atoms. The first-order valence-corrected chi connectivity index (χ1v) is 5.35. The van der Waals surface area contributed by atoms with Crippen LogP contribution in [0.1, 0.15) is 0 Å². The van der Waals surface area contributed by atoms with E-state index in [2.05, 4.69) is 4.18 Å². The second-order valence-electron chi connectivity index (χ2n) is 2.45. The Labute approximate surface area is 71.9 Å². The average molecular weight is 189 g/mol. The molecule has 0 saturated carbocycles. The fourth-order valence-corrected chi connectivity index (χ4v) is 1.19. The standard InChI is InChI=1S/C7H11NO3S/c1-12(9,10)11-7-6-8-4-2-3-5-8/h2-5H,6-7H2,1H3. The fourth-order valence-electron chi connectivity index (χ4n) is 0.813. The third-order valence-corrected chi connectivity index (χ3v) is 1.91. The Morgan fingerprint density at radius 1 is 1.33 bits per heavy atom. The number of rotatable bonds is 4. The van der Waals surface area contributed by atoms with Crippen molar-refractivity contribution in [3.05, 3.63) is 24.5 Å². The molecule has 0 radical (unpaired) electrons. The van der Waals surface area contributed by atoms with E-state index in [4.69, 9.17) is 0 Å². The summed E-state index contributed by atoms with van der Waals surface area (Å²) in [6.45, 7) is 0.744. The molecule has 0 fully saturated rings. The van der Waals surface area contributed by atoms with Crippen LogP contribution in [0.2, 0.25) is 0 Å². The van der Waals surface area contributed by atoms with E-state index in [1.54, 1.807) is 0 Å². The quantitative estimate of drug-likeness (QED) is 0.647. The monoisotopic (exact) mass is 189 g/mol. The Bertz CT molecular complexity index is 314. The lowest BCUT2D eigenvalue weighted by Gasteiger charge is -2.01. The minimum Gasteiger partial charge on any atom is -0.352 e. The van der Waals surface area contributed by atoms with E-state index in [9.17, 15) is 8.42 Å². The third-order valence-electron chi connectivity index (χ3n) is 1.31. The molecule has 0 aromatic carbocycles. The van der Waals surface area contributed by atoms with Crippen molar-refractivity contribution < 1.29 is 12.6 Å². The van der Waals surface area contributed by atoms with E-state index < -0.39 is 10.1 Å². The zero-order valence-corrected chi connectivity index (χ0v) is 7.62. The lowest BCUT2D eigenvalue weighted by molar-refractivity contribution is 0.304. The zero-order valence-electron chi connectivity index (χ0n) is 6.80. The van der Waals surface area contributed by atoms with Gasteiger partial charge in [0.15, 0.2) is 0 Å². The molecule has 1 aromatic rings. The summed E-state index contributed by atoms with van der Waals surface area (Å²) in [6, 6.07) is 3.75. The minimum atomic E-state index is -3.29. The van der Waals surface area contributed by atoms with Crippen molar-refractivity contribution in [1.29, 1.82) is 0 Å². The molecule has 0 N–H and O–H groups in total. The predicted molar refractivity (Wildman–Crippen MR) is 45.2 cm³/mol. The molecule has 0 bridgehead atoms. The van der Waals surface area contributed by atoms with E-state index in [1.807, 2.05) is 29.1 Å². The van der Waals surface area contributed by atoms with Gasteiger partial charge in [0.2, 0.25) is 0 Å². The molecular formula is C7H11NO3S. The Morgan fingerprint density at radius 2 is 1.92 bits per heavy atom. The van der Waals surface area contributed by atoms with E-state index >= 15 is 0 Å². The van der Waals surface area contributed by atoms with Crippen LogP contribution in [-0.4, -0.2) is 25.8 Å². The largest absolute Gasteiger partial charge is 0.352 e. The highest BCUT2D eigenvalue weighted by atomic mass is 32.2. The summed E-state index contributed by atoms with van der Waals surface area (Å²) < 4.78 is 27.5. The van der Waals surface area contributed by atoms with Crippen molar-refractivity contribution in [3.63, 3.8) is 0 Å². The molecule has 4 nitrogen and oxygen atoms in total. The van der Waals surface area contributed by atoms with Crippen LogP contribution in [0.5, 0.6) is 0 Å². The highest BCUT2D eigenvalue weighted by molar-refractivity contribution is 7.85. The van der Waals surface area contributed by atoms with Gasteiger partial charge < -0.3 is 4.57 Å². The summed E-state index contributed by atoms with van der Waals surface area (Å²) in [5, 5.41) is 0. The number of aromatic nitrogens is 1. The summed E-state index contributed by atoms with van der Waals surface area (Å²) in [5.41, 5.74) is 0. The van der Waals surface area contributed by atoms with Crippen LogP contribution in [0.3, 0.4) is 0 Å². The summed E-state index contributed by atoms with van der Waals surface area (Å²) in [4.78, 5) is 0. The van der Waals surface area contributed by atoms with Crippen LogP contribution in [0.25, 0.3) is 0 Å². The molecule has 0 saturated heterocycles. The number of hydrogen-bond donors (Lipinski definition) is 0. The molecule has 68 valence electrons. The van der Waals surface area contributed by atoms with Crippen LogP contribution >= 0.6 is 0 Å². The van der Waals surface area contributed by atoms with Gasteiger partial charge in [0, 0.05) is 18.9 Å². The summed E-state index contributed by atoms with van der Waals surface area (Å²) in [7, 11) is -3.29. The maximum atomic E-state index is 10.5. The van der Waals surface area contributed by atoms with E-state index in [0.29, 0.717) is 6.54 Å². The third kappa shape index (κ3) is 3.54. The van der Waals surface area contributed by atoms with Crippen molar-refractivity contribution in [3.8, 4) is 0 Å². The minimum absolute atomic E-state index is 0.188. The first-order valence-electron chi connectivity index (χ1n) is 3.53. The molecule has 0 aliphatic heterocycles. The van der Waals surface area contributed by atoms with E-state index in [1.165, 1.54) is 0 Å². The van der Waals surface area contributed by atoms with Crippen LogP contribution < -0.4 is 0 Å². The second kappa shape index (κ2) is 3.73. The van der Waals surface area contributed by atoms with Gasteiger partial charge in [0.05, 0.1) is 12.9 Å². The molecule has 1 aromatic heterocycles. The van der Waals surface area contributed by atoms with Gasteiger partial charge >= 0.3 is 0 Å². The number of hydrogen-bond acceptors (Lipinski definition) is 3. The second-order valence-corrected chi connectivity index (χ2v) is 4.09. The Morgan fingerprint density at radius 3 is 2.42 bits per heavy atom. The van der Waals surface area contributed by atoms with E-state index in [-0.39, 0.29) is 6.61 Å². The Hall–Kier alpha value is -0.810. The molecule has 1 rings (SSSR count). The highest BCUT2D eigenvalue weighted by Gasteiger charge is 1.99. The molecule has 0 atom stereocenters. The first kappa shape index (κ1) is 9.28. The Kier molecular flexibility index (Phi) is 2.88. The normalized spacial score (nSPS) is 11.8. The molecule has 0 aliphatic carbocycles. The molecular weight excluding hydrogens is 178 g/mol. The SMILES string of the molecule is CS(=O)(=O)OCCn1cccc1.